The molecule has 1 aromatic rings. The Morgan fingerprint density at radius 3 is 2.40 bits per heavy atom. The molecule has 1 amide bonds. The molecule has 2 heterocycles. The third-order valence-electron chi connectivity index (χ3n) is 5.02. The number of alkyl halides is 3. The van der Waals surface area contributed by atoms with E-state index in [0.717, 1.165) is 25.1 Å². The van der Waals surface area contributed by atoms with Crippen LogP contribution in [0.4, 0.5) is 19.0 Å². The molecule has 0 spiro atoms. The van der Waals surface area contributed by atoms with E-state index in [1.165, 1.54) is 12.8 Å². The van der Waals surface area contributed by atoms with Gasteiger partial charge in [-0.2, -0.15) is 13.2 Å². The lowest BCUT2D eigenvalue weighted by Crippen LogP contribution is -2.49. The summed E-state index contributed by atoms with van der Waals surface area (Å²) >= 11 is 6.00. The summed E-state index contributed by atoms with van der Waals surface area (Å²) in [4.78, 5) is 19.9. The second kappa shape index (κ2) is 7.40. The van der Waals surface area contributed by atoms with E-state index in [4.69, 9.17) is 11.6 Å². The highest BCUT2D eigenvalue weighted by molar-refractivity contribution is 6.33. The van der Waals surface area contributed by atoms with Gasteiger partial charge in [-0.15, -0.1) is 0 Å². The quantitative estimate of drug-likeness (QED) is 0.801. The number of pyridine rings is 1. The summed E-state index contributed by atoms with van der Waals surface area (Å²) in [7, 11) is 0. The number of nitrogens with zero attached hydrogens (tertiary/aromatic N) is 3. The van der Waals surface area contributed by atoms with Crippen LogP contribution in [-0.2, 0) is 11.0 Å². The maximum atomic E-state index is 12.7. The van der Waals surface area contributed by atoms with Crippen LogP contribution in [-0.4, -0.2) is 42.0 Å². The second-order valence-electron chi connectivity index (χ2n) is 6.75. The molecule has 1 aliphatic heterocycles. The van der Waals surface area contributed by atoms with Crippen molar-refractivity contribution in [2.75, 3.05) is 31.1 Å². The SMILES string of the molecule is O=C(CC1CCCC1)N1CCN(c2ncc(C(F)(F)F)cc2Cl)CC1. The lowest BCUT2D eigenvalue weighted by Gasteiger charge is -2.36. The maximum absolute atomic E-state index is 12.7. The van der Waals surface area contributed by atoms with Gasteiger partial charge in [-0.05, 0) is 24.8 Å². The van der Waals surface area contributed by atoms with E-state index in [-0.39, 0.29) is 10.9 Å². The largest absolute Gasteiger partial charge is 0.417 e. The predicted octanol–water partition coefficient (Wildman–Crippen LogP) is 3.98. The van der Waals surface area contributed by atoms with Gasteiger partial charge < -0.3 is 9.80 Å². The zero-order valence-corrected chi connectivity index (χ0v) is 14.6. The third-order valence-corrected chi connectivity index (χ3v) is 5.30. The van der Waals surface area contributed by atoms with Crippen LogP contribution in [0.15, 0.2) is 12.3 Å². The summed E-state index contributed by atoms with van der Waals surface area (Å²) in [5.41, 5.74) is -0.855. The Morgan fingerprint density at radius 2 is 1.84 bits per heavy atom. The highest BCUT2D eigenvalue weighted by atomic mass is 35.5. The minimum absolute atomic E-state index is 0.0134. The van der Waals surface area contributed by atoms with Gasteiger partial charge in [0.15, 0.2) is 0 Å². The van der Waals surface area contributed by atoms with Gasteiger partial charge in [-0.25, -0.2) is 4.98 Å². The van der Waals surface area contributed by atoms with E-state index in [1.807, 2.05) is 9.80 Å². The van der Waals surface area contributed by atoms with Crippen molar-refractivity contribution >= 4 is 23.3 Å². The number of carbonyl (C=O) groups excluding carboxylic acids is 1. The number of amides is 1. The first-order valence-electron chi connectivity index (χ1n) is 8.60. The van der Waals surface area contributed by atoms with Crippen molar-refractivity contribution in [3.05, 3.63) is 22.8 Å². The molecule has 4 nitrogen and oxygen atoms in total. The number of anilines is 1. The topological polar surface area (TPSA) is 36.4 Å². The Balaban J connectivity index is 1.57. The first-order valence-corrected chi connectivity index (χ1v) is 8.98. The molecular formula is C17H21ClF3N3O. The van der Waals surface area contributed by atoms with E-state index >= 15 is 0 Å². The van der Waals surface area contributed by atoms with Gasteiger partial charge in [0.05, 0.1) is 10.6 Å². The Bertz CT molecular complexity index is 624. The molecular weight excluding hydrogens is 355 g/mol. The minimum Gasteiger partial charge on any atom is -0.352 e. The summed E-state index contributed by atoms with van der Waals surface area (Å²) in [6, 6.07) is 0.904. The molecule has 1 saturated heterocycles. The highest BCUT2D eigenvalue weighted by Gasteiger charge is 2.32. The third kappa shape index (κ3) is 4.37. The van der Waals surface area contributed by atoms with E-state index in [1.54, 1.807) is 0 Å². The number of aromatic nitrogens is 1. The van der Waals surface area contributed by atoms with Crippen LogP contribution in [0.2, 0.25) is 5.02 Å². The van der Waals surface area contributed by atoms with Gasteiger partial charge in [0.1, 0.15) is 5.82 Å². The van der Waals surface area contributed by atoms with Crippen LogP contribution in [0, 0.1) is 5.92 Å². The molecule has 1 aromatic heterocycles. The molecule has 0 unspecified atom stereocenters. The van der Waals surface area contributed by atoms with Crippen molar-refractivity contribution in [3.8, 4) is 0 Å². The van der Waals surface area contributed by atoms with E-state index in [9.17, 15) is 18.0 Å². The fraction of sp³-hybridized carbons (Fsp3) is 0.647. The first-order chi connectivity index (χ1) is 11.8. The predicted molar refractivity (Wildman–Crippen MR) is 89.6 cm³/mol. The van der Waals surface area contributed by atoms with Crippen LogP contribution in [0.5, 0.6) is 0 Å². The molecule has 2 aliphatic rings. The summed E-state index contributed by atoms with van der Waals surface area (Å²) in [6.45, 7) is 2.14. The molecule has 1 saturated carbocycles. The van der Waals surface area contributed by atoms with Crippen molar-refractivity contribution < 1.29 is 18.0 Å². The van der Waals surface area contributed by atoms with Gasteiger partial charge in [0.2, 0.25) is 5.91 Å². The standard InChI is InChI=1S/C17H21ClF3N3O/c18-14-10-13(17(19,20)21)11-22-16(14)24-7-5-23(6-8-24)15(25)9-12-3-1-2-4-12/h10-12H,1-9H2. The molecule has 0 aromatic carbocycles. The van der Waals surface area contributed by atoms with Crippen molar-refractivity contribution in [2.24, 2.45) is 5.92 Å². The molecule has 0 bridgehead atoms. The minimum atomic E-state index is -4.46. The summed E-state index contributed by atoms with van der Waals surface area (Å²) in [5.74, 6) is 1.03. The van der Waals surface area contributed by atoms with Crippen molar-refractivity contribution in [1.29, 1.82) is 0 Å². The smallest absolute Gasteiger partial charge is 0.352 e. The maximum Gasteiger partial charge on any atom is 0.417 e. The van der Waals surface area contributed by atoms with Crippen molar-refractivity contribution in [2.45, 2.75) is 38.3 Å². The zero-order valence-electron chi connectivity index (χ0n) is 13.9. The fourth-order valence-electron chi connectivity index (χ4n) is 3.58. The molecule has 8 heteroatoms. The Morgan fingerprint density at radius 1 is 1.20 bits per heavy atom. The number of halogens is 4. The number of piperazine rings is 1. The average molecular weight is 376 g/mol. The van der Waals surface area contributed by atoms with Crippen molar-refractivity contribution in [1.82, 2.24) is 9.88 Å². The monoisotopic (exact) mass is 375 g/mol. The first kappa shape index (κ1) is 18.3. The Kier molecular flexibility index (Phi) is 5.41. The number of rotatable bonds is 3. The van der Waals surface area contributed by atoms with Gasteiger partial charge in [0.25, 0.3) is 0 Å². The summed E-state index contributed by atoms with van der Waals surface area (Å²) in [6.07, 6.45) is 1.65. The van der Waals surface area contributed by atoms with Gasteiger partial charge in [-0.3, -0.25) is 4.79 Å². The Hall–Kier alpha value is -1.50. The number of hydrogen-bond acceptors (Lipinski definition) is 3. The molecule has 3 rings (SSSR count). The van der Waals surface area contributed by atoms with Crippen LogP contribution < -0.4 is 4.90 Å². The number of hydrogen-bond donors (Lipinski definition) is 0. The molecule has 138 valence electrons. The molecule has 25 heavy (non-hydrogen) atoms. The average Bonchev–Trinajstić information content (AvgIpc) is 3.07. The molecule has 2 fully saturated rings. The molecule has 0 atom stereocenters. The Labute approximate surface area is 149 Å². The molecule has 1 aliphatic carbocycles. The van der Waals surface area contributed by atoms with Crippen LogP contribution >= 0.6 is 11.6 Å². The second-order valence-corrected chi connectivity index (χ2v) is 7.16. The summed E-state index contributed by atoms with van der Waals surface area (Å²) in [5, 5.41) is -0.0134. The van der Waals surface area contributed by atoms with Gasteiger partial charge in [-0.1, -0.05) is 24.4 Å². The van der Waals surface area contributed by atoms with Crippen molar-refractivity contribution in [3.63, 3.8) is 0 Å². The fourth-order valence-corrected chi connectivity index (χ4v) is 3.86. The molecule has 0 radical (unpaired) electrons. The molecule has 0 N–H and O–H groups in total. The van der Waals surface area contributed by atoms with E-state index in [2.05, 4.69) is 4.98 Å². The van der Waals surface area contributed by atoms with Gasteiger partial charge >= 0.3 is 6.18 Å². The van der Waals surface area contributed by atoms with E-state index < -0.39 is 11.7 Å². The van der Waals surface area contributed by atoms with Crippen LogP contribution in [0.3, 0.4) is 0 Å². The normalized spacial score (nSPS) is 19.5. The van der Waals surface area contributed by atoms with Crippen LogP contribution in [0.25, 0.3) is 0 Å². The van der Waals surface area contributed by atoms with E-state index in [0.29, 0.717) is 44.3 Å². The lowest BCUT2D eigenvalue weighted by molar-refractivity contribution is -0.138. The zero-order chi connectivity index (χ0) is 18.0. The number of carbonyl (C=O) groups is 1. The van der Waals surface area contributed by atoms with Gasteiger partial charge in [0, 0.05) is 38.8 Å². The van der Waals surface area contributed by atoms with Crippen LogP contribution in [0.1, 0.15) is 37.7 Å². The lowest BCUT2D eigenvalue weighted by atomic mass is 10.0. The summed E-state index contributed by atoms with van der Waals surface area (Å²) < 4.78 is 38.1. The highest BCUT2D eigenvalue weighted by Crippen LogP contribution is 2.34.